The van der Waals surface area contributed by atoms with Gasteiger partial charge in [-0.25, -0.2) is 14.2 Å². The van der Waals surface area contributed by atoms with E-state index in [1.165, 1.54) is 17.0 Å². The minimum Gasteiger partial charge on any atom is -0.336 e. The van der Waals surface area contributed by atoms with Gasteiger partial charge in [-0.2, -0.15) is 0 Å². The van der Waals surface area contributed by atoms with Crippen LogP contribution in [0.5, 0.6) is 0 Å². The molecule has 2 saturated heterocycles. The fraction of sp³-hybridized carbons (Fsp3) is 0.450. The molecule has 8 heteroatoms. The zero-order valence-electron chi connectivity index (χ0n) is 15.6. The highest BCUT2D eigenvalue weighted by Crippen LogP contribution is 2.35. The summed E-state index contributed by atoms with van der Waals surface area (Å²) in [5, 5.41) is 6.33. The van der Waals surface area contributed by atoms with Crippen molar-refractivity contribution in [2.75, 3.05) is 19.6 Å². The van der Waals surface area contributed by atoms with Gasteiger partial charge in [-0.15, -0.1) is 0 Å². The van der Waals surface area contributed by atoms with Gasteiger partial charge >= 0.3 is 6.03 Å². The highest BCUT2D eigenvalue weighted by Gasteiger charge is 2.55. The summed E-state index contributed by atoms with van der Waals surface area (Å²) in [6.45, 7) is 2.41. The van der Waals surface area contributed by atoms with Gasteiger partial charge in [0.1, 0.15) is 11.4 Å². The van der Waals surface area contributed by atoms with E-state index in [0.29, 0.717) is 13.0 Å². The third-order valence-corrected chi connectivity index (χ3v) is 5.78. The summed E-state index contributed by atoms with van der Waals surface area (Å²) in [4.78, 5) is 31.5. The van der Waals surface area contributed by atoms with E-state index in [1.54, 1.807) is 30.9 Å². The van der Waals surface area contributed by atoms with Crippen LogP contribution in [-0.4, -0.2) is 51.6 Å². The van der Waals surface area contributed by atoms with Crippen LogP contribution in [0, 0.1) is 11.7 Å². The zero-order valence-corrected chi connectivity index (χ0v) is 15.6. The van der Waals surface area contributed by atoms with Gasteiger partial charge in [0.15, 0.2) is 0 Å². The lowest BCUT2D eigenvalue weighted by molar-refractivity contribution is -0.133. The summed E-state index contributed by atoms with van der Waals surface area (Å²) < 4.78 is 15.2. The molecule has 0 saturated carbocycles. The van der Waals surface area contributed by atoms with Crippen LogP contribution in [0.25, 0.3) is 0 Å². The predicted molar refractivity (Wildman–Crippen MR) is 101 cm³/mol. The summed E-state index contributed by atoms with van der Waals surface area (Å²) >= 11 is 0. The number of piperidine rings is 1. The minimum absolute atomic E-state index is 0.0356. The van der Waals surface area contributed by atoms with Crippen molar-refractivity contribution < 1.29 is 14.0 Å². The number of benzene rings is 1. The van der Waals surface area contributed by atoms with Crippen molar-refractivity contribution >= 4 is 11.9 Å². The Morgan fingerprint density at radius 1 is 1.14 bits per heavy atom. The first-order valence-corrected chi connectivity index (χ1v) is 9.63. The number of nitrogens with one attached hydrogen (secondary N) is 2. The van der Waals surface area contributed by atoms with Crippen molar-refractivity contribution in [3.63, 3.8) is 0 Å². The molecule has 1 aromatic carbocycles. The van der Waals surface area contributed by atoms with E-state index < -0.39 is 5.54 Å². The number of imidazole rings is 1. The Morgan fingerprint density at radius 2 is 1.89 bits per heavy atom. The summed E-state index contributed by atoms with van der Waals surface area (Å²) in [6, 6.07) is 5.80. The molecule has 4 rings (SSSR count). The monoisotopic (exact) mass is 385 g/mol. The summed E-state index contributed by atoms with van der Waals surface area (Å²) in [6.07, 6.45) is 7.11. The quantitative estimate of drug-likeness (QED) is 0.740. The van der Waals surface area contributed by atoms with Crippen molar-refractivity contribution in [1.29, 1.82) is 0 Å². The molecule has 28 heavy (non-hydrogen) atoms. The van der Waals surface area contributed by atoms with E-state index in [9.17, 15) is 14.0 Å². The Bertz CT molecular complexity index is 833. The molecule has 0 spiro atoms. The maximum absolute atomic E-state index is 13.5. The van der Waals surface area contributed by atoms with E-state index in [1.807, 2.05) is 4.57 Å². The molecule has 2 N–H and O–H groups in total. The summed E-state index contributed by atoms with van der Waals surface area (Å²) in [5.74, 6) is -0.467. The fourth-order valence-electron chi connectivity index (χ4n) is 4.26. The maximum Gasteiger partial charge on any atom is 0.325 e. The molecule has 0 unspecified atom stereocenters. The smallest absolute Gasteiger partial charge is 0.325 e. The first kappa shape index (κ1) is 18.6. The molecule has 1 atom stereocenters. The lowest BCUT2D eigenvalue weighted by Gasteiger charge is -2.38. The average Bonchev–Trinajstić information content (AvgIpc) is 3.30. The number of nitrogens with zero attached hydrogens (tertiary/aromatic N) is 3. The van der Waals surface area contributed by atoms with Crippen LogP contribution >= 0.6 is 0 Å². The molecule has 0 radical (unpaired) electrons. The topological polar surface area (TPSA) is 79.3 Å². The van der Waals surface area contributed by atoms with Gasteiger partial charge < -0.3 is 15.2 Å². The van der Waals surface area contributed by atoms with Gasteiger partial charge in [0.2, 0.25) is 0 Å². The van der Waals surface area contributed by atoms with Gasteiger partial charge in [0, 0.05) is 31.9 Å². The molecule has 0 aliphatic carbocycles. The summed E-state index contributed by atoms with van der Waals surface area (Å²) in [7, 11) is 0. The zero-order chi connectivity index (χ0) is 19.6. The molecule has 3 amide bonds. The lowest BCUT2D eigenvalue weighted by Crippen LogP contribution is -2.57. The van der Waals surface area contributed by atoms with Gasteiger partial charge in [-0.1, -0.05) is 12.1 Å². The molecular weight excluding hydrogens is 361 g/mol. The average molecular weight is 385 g/mol. The number of amides is 3. The number of imide groups is 1. The van der Waals surface area contributed by atoms with Crippen LogP contribution in [0.2, 0.25) is 0 Å². The first-order chi connectivity index (χ1) is 13.6. The van der Waals surface area contributed by atoms with Crippen LogP contribution in [0.1, 0.15) is 18.4 Å². The molecular formula is C20H24FN5O2. The minimum atomic E-state index is -0.980. The normalized spacial score (nSPS) is 23.2. The number of hydrogen-bond acceptors (Lipinski definition) is 4. The third kappa shape index (κ3) is 3.52. The van der Waals surface area contributed by atoms with Crippen LogP contribution in [0.3, 0.4) is 0 Å². The van der Waals surface area contributed by atoms with Crippen molar-refractivity contribution in [1.82, 2.24) is 25.1 Å². The number of carbonyl (C=O) groups excluding carboxylic acids is 2. The largest absolute Gasteiger partial charge is 0.336 e. The molecule has 0 bridgehead atoms. The van der Waals surface area contributed by atoms with E-state index in [-0.39, 0.29) is 30.2 Å². The van der Waals surface area contributed by atoms with Crippen molar-refractivity contribution in [2.24, 2.45) is 5.92 Å². The second-order valence-corrected chi connectivity index (χ2v) is 7.49. The van der Waals surface area contributed by atoms with Crippen molar-refractivity contribution in [2.45, 2.75) is 31.3 Å². The lowest BCUT2D eigenvalue weighted by atomic mass is 9.74. The van der Waals surface area contributed by atoms with Crippen LogP contribution < -0.4 is 10.6 Å². The van der Waals surface area contributed by atoms with E-state index in [4.69, 9.17) is 0 Å². The Kier molecular flexibility index (Phi) is 5.13. The van der Waals surface area contributed by atoms with Crippen molar-refractivity contribution in [3.8, 4) is 0 Å². The van der Waals surface area contributed by atoms with Gasteiger partial charge in [-0.05, 0) is 49.5 Å². The van der Waals surface area contributed by atoms with Crippen LogP contribution in [0.4, 0.5) is 9.18 Å². The first-order valence-electron chi connectivity index (χ1n) is 9.63. The second-order valence-electron chi connectivity index (χ2n) is 7.49. The Morgan fingerprint density at radius 3 is 2.57 bits per heavy atom. The molecule has 1 aromatic heterocycles. The highest BCUT2D eigenvalue weighted by atomic mass is 19.1. The van der Waals surface area contributed by atoms with Crippen LogP contribution in [-0.2, 0) is 17.8 Å². The van der Waals surface area contributed by atoms with Crippen LogP contribution in [0.15, 0.2) is 43.0 Å². The molecule has 2 aromatic rings. The Labute approximate surface area is 162 Å². The third-order valence-electron chi connectivity index (χ3n) is 5.78. The fourth-order valence-corrected chi connectivity index (χ4v) is 4.26. The number of carbonyl (C=O) groups is 2. The molecule has 7 nitrogen and oxygen atoms in total. The van der Waals surface area contributed by atoms with E-state index in [2.05, 4.69) is 15.6 Å². The number of rotatable bonds is 6. The standard InChI is InChI=1S/C20H24FN5O2/c21-17-3-1-15(2-4-17)13-20(16-5-7-22-8-6-16)18(27)26(19(28)24-20)12-11-25-10-9-23-14-25/h1-4,9-10,14,16,22H,5-8,11-13H2,(H,24,28)/t20-/m1/s1. The van der Waals surface area contributed by atoms with E-state index in [0.717, 1.165) is 31.5 Å². The number of halogens is 1. The maximum atomic E-state index is 13.5. The van der Waals surface area contributed by atoms with E-state index >= 15 is 0 Å². The Balaban J connectivity index is 1.59. The molecule has 2 aliphatic heterocycles. The van der Waals surface area contributed by atoms with Gasteiger partial charge in [0.05, 0.1) is 6.33 Å². The predicted octanol–water partition coefficient (Wildman–Crippen LogP) is 1.56. The SMILES string of the molecule is O=C1N[C@](Cc2ccc(F)cc2)(C2CCNCC2)C(=O)N1CCn1ccnc1. The van der Waals surface area contributed by atoms with Gasteiger partial charge in [-0.3, -0.25) is 9.69 Å². The number of urea groups is 1. The molecule has 3 heterocycles. The van der Waals surface area contributed by atoms with Gasteiger partial charge in [0.25, 0.3) is 5.91 Å². The summed E-state index contributed by atoms with van der Waals surface area (Å²) in [5.41, 5.74) is -0.142. The Hall–Kier alpha value is -2.74. The molecule has 2 aliphatic rings. The molecule has 2 fully saturated rings. The number of hydrogen-bond donors (Lipinski definition) is 2. The molecule has 148 valence electrons. The second kappa shape index (κ2) is 7.71. The highest BCUT2D eigenvalue weighted by molar-refractivity contribution is 6.07. The van der Waals surface area contributed by atoms with Crippen molar-refractivity contribution in [3.05, 3.63) is 54.4 Å². The number of aromatic nitrogens is 2.